The van der Waals surface area contributed by atoms with Crippen molar-refractivity contribution >= 4 is 0 Å². The molecule has 1 saturated carbocycles. The predicted molar refractivity (Wildman–Crippen MR) is 55.4 cm³/mol. The van der Waals surface area contributed by atoms with Gasteiger partial charge < -0.3 is 0 Å². The van der Waals surface area contributed by atoms with Gasteiger partial charge in [0.1, 0.15) is 0 Å². The van der Waals surface area contributed by atoms with Crippen LogP contribution in [0.25, 0.3) is 0 Å². The van der Waals surface area contributed by atoms with Gasteiger partial charge in [0, 0.05) is 0 Å². The molecule has 3 rings (SSSR count). The van der Waals surface area contributed by atoms with E-state index in [0.717, 1.165) is 11.8 Å². The lowest BCUT2D eigenvalue weighted by Crippen LogP contribution is -1.98. The van der Waals surface area contributed by atoms with Crippen molar-refractivity contribution in [2.45, 2.75) is 32.1 Å². The van der Waals surface area contributed by atoms with Gasteiger partial charge in [0.25, 0.3) is 0 Å². The Kier molecular flexibility index (Phi) is 1.68. The highest BCUT2D eigenvalue weighted by atomic mass is 14.4. The van der Waals surface area contributed by atoms with Crippen molar-refractivity contribution in [3.8, 4) is 0 Å². The van der Waals surface area contributed by atoms with E-state index < -0.39 is 0 Å². The van der Waals surface area contributed by atoms with E-state index in [1.807, 2.05) is 5.57 Å². The summed E-state index contributed by atoms with van der Waals surface area (Å²) in [5.74, 6) is 1.77. The van der Waals surface area contributed by atoms with Crippen LogP contribution >= 0.6 is 0 Å². The first kappa shape index (κ1) is 7.61. The van der Waals surface area contributed by atoms with Crippen molar-refractivity contribution < 1.29 is 0 Å². The molecule has 0 heterocycles. The molecule has 1 atom stereocenters. The van der Waals surface area contributed by atoms with Gasteiger partial charge in [-0.1, -0.05) is 35.5 Å². The van der Waals surface area contributed by atoms with Crippen molar-refractivity contribution in [3.63, 3.8) is 0 Å². The Morgan fingerprint density at radius 2 is 2.00 bits per heavy atom. The second-order valence-corrected chi connectivity index (χ2v) is 4.66. The zero-order chi connectivity index (χ0) is 8.67. The smallest absolute Gasteiger partial charge is 0.000997 e. The standard InChI is InChI=1S/C13H16/c1-2-4-10(3-1)7-13-9-11-5-6-12(13)8-11/h1-4,10-11H,5-9H2. The topological polar surface area (TPSA) is 0 Å². The van der Waals surface area contributed by atoms with Gasteiger partial charge in [-0.2, -0.15) is 0 Å². The molecule has 0 aromatic rings. The zero-order valence-electron chi connectivity index (χ0n) is 8.00. The molecule has 13 heavy (non-hydrogen) atoms. The van der Waals surface area contributed by atoms with Crippen LogP contribution in [0.3, 0.4) is 0 Å². The van der Waals surface area contributed by atoms with Crippen LogP contribution in [-0.4, -0.2) is 0 Å². The van der Waals surface area contributed by atoms with Crippen molar-refractivity contribution in [2.75, 3.05) is 0 Å². The minimum Gasteiger partial charge on any atom is -0.0773 e. The molecule has 1 fully saturated rings. The molecule has 0 spiro atoms. The fourth-order valence-electron chi connectivity index (χ4n) is 3.05. The monoisotopic (exact) mass is 172 g/mol. The summed E-state index contributed by atoms with van der Waals surface area (Å²) in [4.78, 5) is 0. The van der Waals surface area contributed by atoms with E-state index in [0.29, 0.717) is 0 Å². The number of rotatable bonds is 2. The zero-order valence-corrected chi connectivity index (χ0v) is 8.00. The highest BCUT2D eigenvalue weighted by Crippen LogP contribution is 2.46. The summed E-state index contributed by atoms with van der Waals surface area (Å²) in [6.45, 7) is 0. The maximum atomic E-state index is 2.33. The number of allylic oxidation sites excluding steroid dienone is 6. The van der Waals surface area contributed by atoms with E-state index in [2.05, 4.69) is 24.3 Å². The average molecular weight is 172 g/mol. The second-order valence-electron chi connectivity index (χ2n) is 4.66. The molecular weight excluding hydrogens is 156 g/mol. The van der Waals surface area contributed by atoms with Gasteiger partial charge in [-0.3, -0.25) is 0 Å². The van der Waals surface area contributed by atoms with Gasteiger partial charge in [0.2, 0.25) is 0 Å². The lowest BCUT2D eigenvalue weighted by molar-refractivity contribution is 0.548. The molecule has 0 aromatic heterocycles. The Morgan fingerprint density at radius 3 is 2.62 bits per heavy atom. The average Bonchev–Trinajstić information content (AvgIpc) is 2.77. The van der Waals surface area contributed by atoms with Gasteiger partial charge in [-0.15, -0.1) is 0 Å². The summed E-state index contributed by atoms with van der Waals surface area (Å²) in [5.41, 5.74) is 3.62. The molecule has 0 aliphatic heterocycles. The molecule has 68 valence electrons. The van der Waals surface area contributed by atoms with Crippen molar-refractivity contribution in [1.29, 1.82) is 0 Å². The quantitative estimate of drug-likeness (QED) is 0.558. The largest absolute Gasteiger partial charge is 0.0773 e. The van der Waals surface area contributed by atoms with Crippen molar-refractivity contribution in [3.05, 3.63) is 35.5 Å². The van der Waals surface area contributed by atoms with E-state index in [9.17, 15) is 0 Å². The lowest BCUT2D eigenvalue weighted by Gasteiger charge is -2.13. The molecule has 3 aliphatic rings. The van der Waals surface area contributed by atoms with Gasteiger partial charge in [-0.05, 0) is 43.9 Å². The SMILES string of the molecule is C1=CC(CC2=C3CCC(C3)C2)C=C1. The van der Waals surface area contributed by atoms with E-state index in [4.69, 9.17) is 0 Å². The van der Waals surface area contributed by atoms with Crippen molar-refractivity contribution in [1.82, 2.24) is 0 Å². The molecule has 0 aromatic carbocycles. The van der Waals surface area contributed by atoms with Crippen LogP contribution in [0.2, 0.25) is 0 Å². The molecule has 1 unspecified atom stereocenters. The van der Waals surface area contributed by atoms with Gasteiger partial charge in [-0.25, -0.2) is 0 Å². The summed E-state index contributed by atoms with van der Waals surface area (Å²) in [6.07, 6.45) is 16.1. The highest BCUT2D eigenvalue weighted by Gasteiger charge is 2.30. The lowest BCUT2D eigenvalue weighted by atomic mass is 9.92. The predicted octanol–water partition coefficient (Wildman–Crippen LogP) is 3.62. The number of hydrogen-bond acceptors (Lipinski definition) is 0. The minimum atomic E-state index is 0.724. The van der Waals surface area contributed by atoms with Crippen molar-refractivity contribution in [2.24, 2.45) is 11.8 Å². The first-order chi connectivity index (χ1) is 6.42. The Balaban J connectivity index is 1.73. The van der Waals surface area contributed by atoms with Crippen LogP contribution in [0, 0.1) is 11.8 Å². The normalized spacial score (nSPS) is 31.2. The summed E-state index contributed by atoms with van der Waals surface area (Å²) >= 11 is 0. The molecule has 2 bridgehead atoms. The Morgan fingerprint density at radius 1 is 1.15 bits per heavy atom. The highest BCUT2D eigenvalue weighted by molar-refractivity contribution is 5.29. The molecule has 0 saturated heterocycles. The molecule has 0 amide bonds. The Labute approximate surface area is 80.0 Å². The number of fused-ring (bicyclic) bond motifs is 2. The van der Waals surface area contributed by atoms with Crippen LogP contribution in [0.1, 0.15) is 32.1 Å². The second kappa shape index (κ2) is 2.87. The first-order valence-electron chi connectivity index (χ1n) is 5.46. The van der Waals surface area contributed by atoms with E-state index in [1.54, 1.807) is 5.57 Å². The van der Waals surface area contributed by atoms with Gasteiger partial charge >= 0.3 is 0 Å². The maximum Gasteiger partial charge on any atom is -0.000997 e. The minimum absolute atomic E-state index is 0.724. The van der Waals surface area contributed by atoms with Gasteiger partial charge in [0.15, 0.2) is 0 Å². The van der Waals surface area contributed by atoms with E-state index in [-0.39, 0.29) is 0 Å². The fourth-order valence-corrected chi connectivity index (χ4v) is 3.05. The third kappa shape index (κ3) is 1.29. The molecule has 3 aliphatic carbocycles. The van der Waals surface area contributed by atoms with Crippen LogP contribution in [0.15, 0.2) is 35.5 Å². The summed E-state index contributed by atoms with van der Waals surface area (Å²) in [6, 6.07) is 0. The summed E-state index contributed by atoms with van der Waals surface area (Å²) in [5, 5.41) is 0. The van der Waals surface area contributed by atoms with Crippen LogP contribution < -0.4 is 0 Å². The Hall–Kier alpha value is -0.780. The summed E-state index contributed by atoms with van der Waals surface area (Å²) < 4.78 is 0. The fraction of sp³-hybridized carbons (Fsp3) is 0.538. The van der Waals surface area contributed by atoms with Crippen LogP contribution in [0.4, 0.5) is 0 Å². The third-order valence-electron chi connectivity index (χ3n) is 3.73. The van der Waals surface area contributed by atoms with E-state index in [1.165, 1.54) is 32.1 Å². The van der Waals surface area contributed by atoms with Gasteiger partial charge in [0.05, 0.1) is 0 Å². The number of hydrogen-bond donors (Lipinski definition) is 0. The first-order valence-corrected chi connectivity index (χ1v) is 5.46. The molecule has 0 heteroatoms. The summed E-state index contributed by atoms with van der Waals surface area (Å²) in [7, 11) is 0. The van der Waals surface area contributed by atoms with E-state index >= 15 is 0 Å². The molecule has 0 radical (unpaired) electrons. The Bertz CT molecular complexity index is 292. The molecule has 0 N–H and O–H groups in total. The van der Waals surface area contributed by atoms with Crippen LogP contribution in [-0.2, 0) is 0 Å². The molecular formula is C13H16. The third-order valence-corrected chi connectivity index (χ3v) is 3.73. The van der Waals surface area contributed by atoms with Crippen LogP contribution in [0.5, 0.6) is 0 Å². The molecule has 0 nitrogen and oxygen atoms in total. The maximum absolute atomic E-state index is 2.33.